The molecule has 0 aromatic heterocycles. The Hall–Kier alpha value is -1.78. The summed E-state index contributed by atoms with van der Waals surface area (Å²) in [6, 6.07) is 14.3. The normalized spacial score (nSPS) is 18.4. The van der Waals surface area contributed by atoms with E-state index in [1.165, 1.54) is 0 Å². The number of hydrogen-bond acceptors (Lipinski definition) is 3. The molecule has 25 heavy (non-hydrogen) atoms. The summed E-state index contributed by atoms with van der Waals surface area (Å²) >= 11 is 0. The number of benzene rings is 2. The van der Waals surface area contributed by atoms with Crippen LogP contribution in [0.3, 0.4) is 0 Å². The molecule has 0 bridgehead atoms. The summed E-state index contributed by atoms with van der Waals surface area (Å²) in [5.74, 6) is 0.874. The van der Waals surface area contributed by atoms with E-state index in [0.29, 0.717) is 6.61 Å². The van der Waals surface area contributed by atoms with Gasteiger partial charge in [-0.1, -0.05) is 30.3 Å². The van der Waals surface area contributed by atoms with E-state index in [4.69, 9.17) is 14.0 Å². The van der Waals surface area contributed by atoms with E-state index in [1.807, 2.05) is 18.2 Å². The first-order valence-electron chi connectivity index (χ1n) is 8.83. The van der Waals surface area contributed by atoms with E-state index in [9.17, 15) is 0 Å². The standard InChI is InChI=1S/C21H27BO3/c1-15-12-18(23-14-17-10-8-7-9-11-17)13-16(2)19(15)22-24-20(3,4)21(5,6)25-22/h7-13H,14H2,1-6H3. The van der Waals surface area contributed by atoms with Crippen molar-refractivity contribution in [1.29, 1.82) is 0 Å². The lowest BCUT2D eigenvalue weighted by molar-refractivity contribution is 0.00578. The highest BCUT2D eigenvalue weighted by atomic mass is 16.7. The molecule has 1 saturated heterocycles. The topological polar surface area (TPSA) is 27.7 Å². The molecule has 3 nitrogen and oxygen atoms in total. The molecule has 0 aliphatic carbocycles. The Labute approximate surface area is 151 Å². The molecule has 1 aliphatic heterocycles. The molecule has 0 amide bonds. The van der Waals surface area contributed by atoms with Crippen molar-refractivity contribution in [3.63, 3.8) is 0 Å². The smallest absolute Gasteiger partial charge is 0.489 e. The van der Waals surface area contributed by atoms with E-state index in [-0.39, 0.29) is 18.3 Å². The van der Waals surface area contributed by atoms with Gasteiger partial charge >= 0.3 is 7.12 Å². The van der Waals surface area contributed by atoms with E-state index in [1.54, 1.807) is 0 Å². The lowest BCUT2D eigenvalue weighted by Crippen LogP contribution is -2.41. The summed E-state index contributed by atoms with van der Waals surface area (Å²) in [6.45, 7) is 13.1. The second-order valence-corrected chi connectivity index (χ2v) is 7.83. The Bertz CT molecular complexity index is 714. The first kappa shape index (κ1) is 18.0. The molecular weight excluding hydrogens is 311 g/mol. The van der Waals surface area contributed by atoms with Crippen LogP contribution in [0.25, 0.3) is 0 Å². The van der Waals surface area contributed by atoms with Crippen molar-refractivity contribution >= 4 is 12.6 Å². The van der Waals surface area contributed by atoms with Crippen LogP contribution in [0.15, 0.2) is 42.5 Å². The van der Waals surface area contributed by atoms with Crippen molar-refractivity contribution in [1.82, 2.24) is 0 Å². The Kier molecular flexibility index (Phi) is 4.69. The fourth-order valence-electron chi connectivity index (χ4n) is 3.09. The molecule has 1 heterocycles. The molecule has 0 unspecified atom stereocenters. The number of aryl methyl sites for hydroxylation is 2. The van der Waals surface area contributed by atoms with Crippen LogP contribution in [0.2, 0.25) is 0 Å². The van der Waals surface area contributed by atoms with Gasteiger partial charge in [0.05, 0.1) is 11.2 Å². The summed E-state index contributed by atoms with van der Waals surface area (Å²) in [4.78, 5) is 0. The van der Waals surface area contributed by atoms with Gasteiger partial charge in [0.15, 0.2) is 0 Å². The molecule has 0 N–H and O–H groups in total. The number of rotatable bonds is 4. The molecule has 4 heteroatoms. The van der Waals surface area contributed by atoms with Crippen molar-refractivity contribution < 1.29 is 14.0 Å². The molecule has 132 valence electrons. The fourth-order valence-corrected chi connectivity index (χ4v) is 3.09. The van der Waals surface area contributed by atoms with Gasteiger partial charge < -0.3 is 14.0 Å². The van der Waals surface area contributed by atoms with Crippen molar-refractivity contribution in [2.24, 2.45) is 0 Å². The molecule has 3 rings (SSSR count). The van der Waals surface area contributed by atoms with Gasteiger partial charge in [0, 0.05) is 0 Å². The van der Waals surface area contributed by atoms with Crippen LogP contribution in [-0.4, -0.2) is 18.3 Å². The first-order valence-corrected chi connectivity index (χ1v) is 8.83. The largest absolute Gasteiger partial charge is 0.495 e. The molecule has 2 aromatic rings. The summed E-state index contributed by atoms with van der Waals surface area (Å²) in [7, 11) is -0.340. The van der Waals surface area contributed by atoms with Crippen molar-refractivity contribution in [3.8, 4) is 5.75 Å². The van der Waals surface area contributed by atoms with Gasteiger partial charge in [0.2, 0.25) is 0 Å². The Morgan fingerprint density at radius 3 is 1.92 bits per heavy atom. The van der Waals surface area contributed by atoms with Crippen LogP contribution in [-0.2, 0) is 15.9 Å². The van der Waals surface area contributed by atoms with Gasteiger partial charge in [-0.25, -0.2) is 0 Å². The van der Waals surface area contributed by atoms with Crippen molar-refractivity contribution in [2.45, 2.75) is 59.4 Å². The Morgan fingerprint density at radius 2 is 1.40 bits per heavy atom. The highest BCUT2D eigenvalue weighted by Gasteiger charge is 2.52. The quantitative estimate of drug-likeness (QED) is 0.783. The first-order chi connectivity index (χ1) is 11.7. The summed E-state index contributed by atoms with van der Waals surface area (Å²) in [6.07, 6.45) is 0. The third kappa shape index (κ3) is 3.60. The van der Waals surface area contributed by atoms with E-state index < -0.39 is 0 Å². The highest BCUT2D eigenvalue weighted by Crippen LogP contribution is 2.37. The number of hydrogen-bond donors (Lipinski definition) is 0. The van der Waals surface area contributed by atoms with E-state index >= 15 is 0 Å². The molecule has 0 saturated carbocycles. The Morgan fingerprint density at radius 1 is 0.880 bits per heavy atom. The molecular formula is C21H27BO3. The fraction of sp³-hybridized carbons (Fsp3) is 0.429. The van der Waals surface area contributed by atoms with Crippen molar-refractivity contribution in [3.05, 3.63) is 59.2 Å². The van der Waals surface area contributed by atoms with Gasteiger partial charge in [0.1, 0.15) is 12.4 Å². The van der Waals surface area contributed by atoms with Gasteiger partial charge in [-0.2, -0.15) is 0 Å². The van der Waals surface area contributed by atoms with E-state index in [0.717, 1.165) is 27.9 Å². The summed E-state index contributed by atoms with van der Waals surface area (Å²) < 4.78 is 18.4. The molecule has 1 fully saturated rings. The van der Waals surface area contributed by atoms with Gasteiger partial charge in [-0.3, -0.25) is 0 Å². The SMILES string of the molecule is Cc1cc(OCc2ccccc2)cc(C)c1B1OC(C)(C)C(C)(C)O1. The van der Waals surface area contributed by atoms with Gasteiger partial charge in [-0.05, 0) is 75.8 Å². The molecule has 2 aromatic carbocycles. The molecule has 1 aliphatic rings. The maximum Gasteiger partial charge on any atom is 0.495 e. The zero-order valence-electron chi connectivity index (χ0n) is 16.1. The Balaban J connectivity index is 1.79. The average Bonchev–Trinajstić information content (AvgIpc) is 2.73. The lowest BCUT2D eigenvalue weighted by atomic mass is 9.73. The van der Waals surface area contributed by atoms with Crippen LogP contribution < -0.4 is 10.2 Å². The zero-order chi connectivity index (χ0) is 18.2. The maximum absolute atomic E-state index is 6.22. The van der Waals surface area contributed by atoms with E-state index in [2.05, 4.69) is 65.8 Å². The van der Waals surface area contributed by atoms with Crippen LogP contribution in [0, 0.1) is 13.8 Å². The molecule has 0 spiro atoms. The lowest BCUT2D eigenvalue weighted by Gasteiger charge is -2.32. The third-order valence-electron chi connectivity index (χ3n) is 5.30. The minimum absolute atomic E-state index is 0.334. The highest BCUT2D eigenvalue weighted by molar-refractivity contribution is 6.63. The second-order valence-electron chi connectivity index (χ2n) is 7.83. The zero-order valence-corrected chi connectivity index (χ0v) is 16.1. The predicted octanol–water partition coefficient (Wildman–Crippen LogP) is 4.18. The summed E-state index contributed by atoms with van der Waals surface area (Å²) in [5.41, 5.74) is 3.85. The van der Waals surface area contributed by atoms with Crippen molar-refractivity contribution in [2.75, 3.05) is 0 Å². The minimum Gasteiger partial charge on any atom is -0.489 e. The van der Waals surface area contributed by atoms with Crippen LogP contribution >= 0.6 is 0 Å². The van der Waals surface area contributed by atoms with Gasteiger partial charge in [-0.15, -0.1) is 0 Å². The summed E-state index contributed by atoms with van der Waals surface area (Å²) in [5, 5.41) is 0. The minimum atomic E-state index is -0.340. The number of ether oxygens (including phenoxy) is 1. The second kappa shape index (κ2) is 6.51. The monoisotopic (exact) mass is 338 g/mol. The third-order valence-corrected chi connectivity index (χ3v) is 5.30. The maximum atomic E-state index is 6.22. The van der Waals surface area contributed by atoms with Crippen LogP contribution in [0.5, 0.6) is 5.75 Å². The molecule has 0 atom stereocenters. The average molecular weight is 338 g/mol. The van der Waals surface area contributed by atoms with Crippen LogP contribution in [0.1, 0.15) is 44.4 Å². The van der Waals surface area contributed by atoms with Crippen LogP contribution in [0.4, 0.5) is 0 Å². The van der Waals surface area contributed by atoms with Gasteiger partial charge in [0.25, 0.3) is 0 Å². The predicted molar refractivity (Wildman–Crippen MR) is 102 cm³/mol. The molecule has 0 radical (unpaired) electrons.